The molecule has 0 radical (unpaired) electrons. The molecule has 0 aliphatic carbocycles. The molecule has 1 heterocycles. The van der Waals surface area contributed by atoms with E-state index in [0.29, 0.717) is 22.3 Å². The van der Waals surface area contributed by atoms with Gasteiger partial charge in [0.1, 0.15) is 0 Å². The van der Waals surface area contributed by atoms with E-state index in [-0.39, 0.29) is 23.4 Å². The number of carbonyl (C=O) groups is 2. The molecule has 1 saturated heterocycles. The maximum absolute atomic E-state index is 12.2. The number of hydrogen-bond acceptors (Lipinski definition) is 2. The third-order valence-electron chi connectivity index (χ3n) is 3.80. The van der Waals surface area contributed by atoms with Gasteiger partial charge in [-0.3, -0.25) is 4.79 Å². The van der Waals surface area contributed by atoms with Gasteiger partial charge in [-0.15, -0.1) is 0 Å². The number of rotatable bonds is 3. The summed E-state index contributed by atoms with van der Waals surface area (Å²) in [5.41, 5.74) is 1.16. The lowest BCUT2D eigenvalue weighted by Crippen LogP contribution is -2.39. The SMILES string of the molecule is O=C(Nc1cccc(Cl)c1Cl)N[C@@H]1CC(=O)N(c2ccc(Cl)cc2)C1. The molecule has 0 saturated carbocycles. The predicted octanol–water partition coefficient (Wildman–Crippen LogP) is 4.57. The fraction of sp³-hybridized carbons (Fsp3) is 0.176. The van der Waals surface area contributed by atoms with Crippen LogP contribution < -0.4 is 15.5 Å². The van der Waals surface area contributed by atoms with Gasteiger partial charge in [-0.05, 0) is 36.4 Å². The van der Waals surface area contributed by atoms with Gasteiger partial charge >= 0.3 is 6.03 Å². The van der Waals surface area contributed by atoms with Gasteiger partial charge in [0.25, 0.3) is 0 Å². The number of benzene rings is 2. The van der Waals surface area contributed by atoms with E-state index in [1.807, 2.05) is 0 Å². The fourth-order valence-electron chi connectivity index (χ4n) is 2.62. The minimum atomic E-state index is -0.445. The number of anilines is 2. The van der Waals surface area contributed by atoms with E-state index in [1.54, 1.807) is 47.4 Å². The zero-order chi connectivity index (χ0) is 18.0. The van der Waals surface area contributed by atoms with Crippen LogP contribution in [-0.4, -0.2) is 24.5 Å². The van der Waals surface area contributed by atoms with Crippen LogP contribution in [0.15, 0.2) is 42.5 Å². The molecule has 0 spiro atoms. The van der Waals surface area contributed by atoms with Crippen LogP contribution in [0.1, 0.15) is 6.42 Å². The lowest BCUT2D eigenvalue weighted by molar-refractivity contribution is -0.117. The van der Waals surface area contributed by atoms with Crippen molar-refractivity contribution in [1.29, 1.82) is 0 Å². The zero-order valence-corrected chi connectivity index (χ0v) is 15.2. The van der Waals surface area contributed by atoms with Crippen LogP contribution in [-0.2, 0) is 4.79 Å². The lowest BCUT2D eigenvalue weighted by Gasteiger charge is -2.17. The highest BCUT2D eigenvalue weighted by molar-refractivity contribution is 6.44. The van der Waals surface area contributed by atoms with Gasteiger partial charge in [0.05, 0.1) is 21.8 Å². The molecule has 130 valence electrons. The van der Waals surface area contributed by atoms with E-state index in [0.717, 1.165) is 5.69 Å². The second-order valence-electron chi connectivity index (χ2n) is 5.58. The molecule has 1 fully saturated rings. The summed E-state index contributed by atoms with van der Waals surface area (Å²) >= 11 is 17.8. The maximum atomic E-state index is 12.2. The smallest absolute Gasteiger partial charge is 0.319 e. The van der Waals surface area contributed by atoms with Gasteiger partial charge < -0.3 is 15.5 Å². The van der Waals surface area contributed by atoms with E-state index in [9.17, 15) is 9.59 Å². The van der Waals surface area contributed by atoms with Crippen molar-refractivity contribution in [3.05, 3.63) is 57.5 Å². The van der Waals surface area contributed by atoms with Gasteiger partial charge in [0, 0.05) is 23.7 Å². The summed E-state index contributed by atoms with van der Waals surface area (Å²) in [5.74, 6) is -0.0617. The normalized spacial score (nSPS) is 16.8. The standard InChI is InChI=1S/C17H14Cl3N3O2/c18-10-4-6-12(7-5-10)23-9-11(8-15(23)24)21-17(25)22-14-3-1-2-13(19)16(14)20/h1-7,11H,8-9H2,(H2,21,22,25)/t11-/m1/s1. The Hall–Kier alpha value is -1.95. The number of nitrogens with one attached hydrogen (secondary N) is 2. The average molecular weight is 399 g/mol. The van der Waals surface area contributed by atoms with Crippen LogP contribution in [0.5, 0.6) is 0 Å². The highest BCUT2D eigenvalue weighted by atomic mass is 35.5. The summed E-state index contributed by atoms with van der Waals surface area (Å²) in [5, 5.41) is 6.64. The first-order valence-electron chi connectivity index (χ1n) is 7.51. The Morgan fingerprint density at radius 1 is 1.08 bits per heavy atom. The Kier molecular flexibility index (Phi) is 5.37. The highest BCUT2D eigenvalue weighted by Crippen LogP contribution is 2.29. The van der Waals surface area contributed by atoms with Gasteiger partial charge in [-0.2, -0.15) is 0 Å². The minimum Gasteiger partial charge on any atom is -0.333 e. The average Bonchev–Trinajstić information content (AvgIpc) is 2.93. The van der Waals surface area contributed by atoms with Crippen LogP contribution in [0.2, 0.25) is 15.1 Å². The Morgan fingerprint density at radius 3 is 2.52 bits per heavy atom. The molecule has 2 aromatic rings. The van der Waals surface area contributed by atoms with Gasteiger partial charge in [0.15, 0.2) is 0 Å². The van der Waals surface area contributed by atoms with Crippen LogP contribution in [0.3, 0.4) is 0 Å². The Labute approximate surface area is 159 Å². The molecule has 1 aliphatic rings. The largest absolute Gasteiger partial charge is 0.333 e. The quantitative estimate of drug-likeness (QED) is 0.795. The van der Waals surface area contributed by atoms with E-state index in [2.05, 4.69) is 10.6 Å². The summed E-state index contributed by atoms with van der Waals surface area (Å²) in [7, 11) is 0. The number of urea groups is 1. The first-order chi connectivity index (χ1) is 11.9. The Bertz CT molecular complexity index is 811. The van der Waals surface area contributed by atoms with Crippen LogP contribution in [0.25, 0.3) is 0 Å². The lowest BCUT2D eigenvalue weighted by atomic mass is 10.2. The molecule has 2 N–H and O–H groups in total. The van der Waals surface area contributed by atoms with E-state index in [4.69, 9.17) is 34.8 Å². The number of carbonyl (C=O) groups excluding carboxylic acids is 2. The molecular weight excluding hydrogens is 385 g/mol. The van der Waals surface area contributed by atoms with Gasteiger partial charge in [-0.1, -0.05) is 40.9 Å². The third kappa shape index (κ3) is 4.18. The molecular formula is C17H14Cl3N3O2. The zero-order valence-electron chi connectivity index (χ0n) is 12.9. The number of halogens is 3. The first kappa shape index (κ1) is 17.9. The van der Waals surface area contributed by atoms with Crippen molar-refractivity contribution >= 4 is 58.1 Å². The molecule has 0 unspecified atom stereocenters. The van der Waals surface area contributed by atoms with Gasteiger partial charge in [-0.25, -0.2) is 4.79 Å². The minimum absolute atomic E-state index is 0.0617. The van der Waals surface area contributed by atoms with Crippen molar-refractivity contribution in [2.45, 2.75) is 12.5 Å². The molecule has 8 heteroatoms. The molecule has 1 atom stereocenters. The summed E-state index contributed by atoms with van der Waals surface area (Å²) < 4.78 is 0. The molecule has 25 heavy (non-hydrogen) atoms. The summed E-state index contributed by atoms with van der Waals surface area (Å²) in [6.07, 6.45) is 0.222. The van der Waals surface area contributed by atoms with Crippen molar-refractivity contribution in [2.75, 3.05) is 16.8 Å². The molecule has 0 bridgehead atoms. The molecule has 1 aliphatic heterocycles. The number of hydrogen-bond donors (Lipinski definition) is 2. The fourth-order valence-corrected chi connectivity index (χ4v) is 3.09. The van der Waals surface area contributed by atoms with Crippen LogP contribution in [0, 0.1) is 0 Å². The summed E-state index contributed by atoms with van der Waals surface area (Å²) in [6.45, 7) is 0.386. The van der Waals surface area contributed by atoms with Crippen molar-refractivity contribution in [3.8, 4) is 0 Å². The summed E-state index contributed by atoms with van der Waals surface area (Å²) in [6, 6.07) is 11.2. The van der Waals surface area contributed by atoms with Gasteiger partial charge in [0.2, 0.25) is 5.91 Å². The number of amides is 3. The highest BCUT2D eigenvalue weighted by Gasteiger charge is 2.31. The molecule has 3 amide bonds. The molecule has 0 aromatic heterocycles. The van der Waals surface area contributed by atoms with E-state index < -0.39 is 6.03 Å². The third-order valence-corrected chi connectivity index (χ3v) is 4.87. The molecule has 3 rings (SSSR count). The Balaban J connectivity index is 1.62. The topological polar surface area (TPSA) is 61.4 Å². The van der Waals surface area contributed by atoms with Crippen molar-refractivity contribution < 1.29 is 9.59 Å². The number of nitrogens with zero attached hydrogens (tertiary/aromatic N) is 1. The van der Waals surface area contributed by atoms with Crippen molar-refractivity contribution in [3.63, 3.8) is 0 Å². The van der Waals surface area contributed by atoms with Crippen molar-refractivity contribution in [1.82, 2.24) is 5.32 Å². The van der Waals surface area contributed by atoms with Crippen LogP contribution in [0.4, 0.5) is 16.2 Å². The van der Waals surface area contributed by atoms with E-state index >= 15 is 0 Å². The van der Waals surface area contributed by atoms with Crippen molar-refractivity contribution in [2.24, 2.45) is 0 Å². The second-order valence-corrected chi connectivity index (χ2v) is 6.80. The van der Waals surface area contributed by atoms with E-state index in [1.165, 1.54) is 0 Å². The Morgan fingerprint density at radius 2 is 1.80 bits per heavy atom. The molecule has 2 aromatic carbocycles. The maximum Gasteiger partial charge on any atom is 0.319 e. The monoisotopic (exact) mass is 397 g/mol. The summed E-state index contributed by atoms with van der Waals surface area (Å²) in [4.78, 5) is 26.0. The predicted molar refractivity (Wildman–Crippen MR) is 101 cm³/mol. The second kappa shape index (κ2) is 7.52. The molecule has 5 nitrogen and oxygen atoms in total. The first-order valence-corrected chi connectivity index (χ1v) is 8.65. The van der Waals surface area contributed by atoms with Crippen LogP contribution >= 0.6 is 34.8 Å².